The van der Waals surface area contributed by atoms with E-state index in [1.807, 2.05) is 28.7 Å². The molecule has 0 aromatic heterocycles. The molecule has 0 bridgehead atoms. The smallest absolute Gasteiger partial charge is 0.323 e. The SMILES string of the molecule is O=C(O)C1(I)C=C(I)C=C(I)C1. The molecule has 66 valence electrons. The zero-order valence-electron chi connectivity index (χ0n) is 5.85. The van der Waals surface area contributed by atoms with Gasteiger partial charge in [0.1, 0.15) is 3.42 Å². The number of carboxylic acid groups (broad SMARTS) is 1. The highest BCUT2D eigenvalue weighted by Gasteiger charge is 2.35. The first-order valence-corrected chi connectivity index (χ1v) is 6.34. The molecule has 0 spiro atoms. The molecular weight excluding hydrogens is 497 g/mol. The van der Waals surface area contributed by atoms with Crippen molar-refractivity contribution in [3.63, 3.8) is 0 Å². The number of aliphatic carboxylic acids is 1. The molecule has 1 aliphatic rings. The molecule has 0 radical (unpaired) electrons. The zero-order valence-corrected chi connectivity index (χ0v) is 12.3. The number of hydrogen-bond donors (Lipinski definition) is 1. The van der Waals surface area contributed by atoms with Gasteiger partial charge in [-0.3, -0.25) is 4.79 Å². The molecule has 0 saturated heterocycles. The molecule has 1 N–H and O–H groups in total. The van der Waals surface area contributed by atoms with E-state index in [-0.39, 0.29) is 0 Å². The molecular formula is C7H5I3O2. The van der Waals surface area contributed by atoms with Gasteiger partial charge < -0.3 is 5.11 Å². The second kappa shape index (κ2) is 4.11. The van der Waals surface area contributed by atoms with E-state index in [1.54, 1.807) is 6.08 Å². The van der Waals surface area contributed by atoms with Crippen LogP contribution in [0.15, 0.2) is 19.3 Å². The van der Waals surface area contributed by atoms with E-state index in [2.05, 4.69) is 45.2 Å². The summed E-state index contributed by atoms with van der Waals surface area (Å²) in [6.07, 6.45) is 4.38. The summed E-state index contributed by atoms with van der Waals surface area (Å²) in [5.74, 6) is -0.764. The van der Waals surface area contributed by atoms with Gasteiger partial charge in [-0.25, -0.2) is 0 Å². The minimum Gasteiger partial charge on any atom is -0.480 e. The molecule has 1 rings (SSSR count). The van der Waals surface area contributed by atoms with E-state index in [0.717, 1.165) is 7.16 Å². The average Bonchev–Trinajstić information content (AvgIpc) is 1.82. The molecule has 0 aliphatic heterocycles. The lowest BCUT2D eigenvalue weighted by molar-refractivity contribution is -0.137. The fourth-order valence-electron chi connectivity index (χ4n) is 0.895. The quantitative estimate of drug-likeness (QED) is 0.442. The van der Waals surface area contributed by atoms with E-state index in [1.165, 1.54) is 0 Å². The molecule has 0 fully saturated rings. The Morgan fingerprint density at radius 1 is 1.58 bits per heavy atom. The highest BCUT2D eigenvalue weighted by atomic mass is 127. The first kappa shape index (κ1) is 11.2. The highest BCUT2D eigenvalue weighted by Crippen LogP contribution is 2.38. The maximum absolute atomic E-state index is 10.9. The van der Waals surface area contributed by atoms with Gasteiger partial charge in [0.2, 0.25) is 0 Å². The highest BCUT2D eigenvalue weighted by molar-refractivity contribution is 14.1. The van der Waals surface area contributed by atoms with E-state index in [9.17, 15) is 4.79 Å². The summed E-state index contributed by atoms with van der Waals surface area (Å²) in [4.78, 5) is 10.9. The molecule has 12 heavy (non-hydrogen) atoms. The molecule has 0 aromatic rings. The third-order valence-corrected chi connectivity index (χ3v) is 3.91. The summed E-state index contributed by atoms with van der Waals surface area (Å²) in [5.41, 5.74) is 0. The summed E-state index contributed by atoms with van der Waals surface area (Å²) in [7, 11) is 0. The second-order valence-electron chi connectivity index (χ2n) is 2.46. The lowest BCUT2D eigenvalue weighted by atomic mass is 10.0. The summed E-state index contributed by atoms with van der Waals surface area (Å²) in [5, 5.41) is 8.95. The van der Waals surface area contributed by atoms with E-state index < -0.39 is 9.39 Å². The van der Waals surface area contributed by atoms with Crippen LogP contribution in [0.5, 0.6) is 0 Å². The maximum atomic E-state index is 10.9. The van der Waals surface area contributed by atoms with Crippen molar-refractivity contribution in [3.8, 4) is 0 Å². The topological polar surface area (TPSA) is 37.3 Å². The van der Waals surface area contributed by atoms with Crippen LogP contribution in [0.25, 0.3) is 0 Å². The standard InChI is InChI=1S/C7H5I3O2/c8-4-1-5(9)3-7(10,2-4)6(11)12/h1-2H,3H2,(H,11,12). The number of hydrogen-bond acceptors (Lipinski definition) is 1. The molecule has 0 aromatic carbocycles. The van der Waals surface area contributed by atoms with Crippen LogP contribution in [-0.4, -0.2) is 14.5 Å². The van der Waals surface area contributed by atoms with Gasteiger partial charge in [0.05, 0.1) is 0 Å². The van der Waals surface area contributed by atoms with E-state index in [0.29, 0.717) is 6.42 Å². The number of halogens is 3. The van der Waals surface area contributed by atoms with Gasteiger partial charge in [-0.1, -0.05) is 22.6 Å². The molecule has 0 amide bonds. The minimum atomic E-state index is -0.764. The Balaban J connectivity index is 3.00. The monoisotopic (exact) mass is 502 g/mol. The van der Waals surface area contributed by atoms with Crippen molar-refractivity contribution in [2.24, 2.45) is 0 Å². The lowest BCUT2D eigenvalue weighted by Gasteiger charge is -2.22. The molecule has 0 heterocycles. The predicted molar refractivity (Wildman–Crippen MR) is 73.2 cm³/mol. The van der Waals surface area contributed by atoms with Gasteiger partial charge in [0.15, 0.2) is 0 Å². The van der Waals surface area contributed by atoms with Crippen molar-refractivity contribution in [3.05, 3.63) is 19.3 Å². The van der Waals surface area contributed by atoms with Crippen LogP contribution >= 0.6 is 67.8 Å². The Bertz CT molecular complexity index is 282. The molecule has 2 nitrogen and oxygen atoms in total. The van der Waals surface area contributed by atoms with Crippen LogP contribution in [-0.2, 0) is 4.79 Å². The van der Waals surface area contributed by atoms with Crippen molar-refractivity contribution in [1.82, 2.24) is 0 Å². The second-order valence-corrected chi connectivity index (χ2v) is 7.02. The van der Waals surface area contributed by atoms with Gasteiger partial charge in [-0.15, -0.1) is 0 Å². The van der Waals surface area contributed by atoms with Crippen LogP contribution < -0.4 is 0 Å². The summed E-state index contributed by atoms with van der Waals surface area (Å²) in [6.45, 7) is 0. The van der Waals surface area contributed by atoms with Gasteiger partial charge >= 0.3 is 5.97 Å². The normalized spacial score (nSPS) is 29.2. The summed E-state index contributed by atoms with van der Waals surface area (Å²) >= 11 is 6.30. The summed E-state index contributed by atoms with van der Waals surface area (Å²) < 4.78 is 1.36. The number of rotatable bonds is 1. The molecule has 1 atom stereocenters. The first-order chi connectivity index (χ1) is 5.44. The van der Waals surface area contributed by atoms with Gasteiger partial charge in [-0.05, 0) is 60.9 Å². The fraction of sp³-hybridized carbons (Fsp3) is 0.286. The average molecular weight is 502 g/mol. The van der Waals surface area contributed by atoms with Crippen molar-refractivity contribution < 1.29 is 9.90 Å². The lowest BCUT2D eigenvalue weighted by Crippen LogP contribution is -2.30. The van der Waals surface area contributed by atoms with Crippen molar-refractivity contribution in [2.45, 2.75) is 9.84 Å². The number of alkyl halides is 1. The Kier molecular flexibility index (Phi) is 3.84. The Labute approximate surface area is 111 Å². The Morgan fingerprint density at radius 3 is 2.58 bits per heavy atom. The largest absolute Gasteiger partial charge is 0.480 e. The number of carboxylic acids is 1. The van der Waals surface area contributed by atoms with E-state index in [4.69, 9.17) is 5.11 Å². The van der Waals surface area contributed by atoms with Gasteiger partial charge in [-0.2, -0.15) is 0 Å². The third kappa shape index (κ3) is 2.56. The van der Waals surface area contributed by atoms with Crippen LogP contribution in [0.1, 0.15) is 6.42 Å². The molecule has 5 heteroatoms. The fourth-order valence-corrected chi connectivity index (χ4v) is 5.41. The van der Waals surface area contributed by atoms with Crippen molar-refractivity contribution >= 4 is 73.7 Å². The molecule has 1 unspecified atom stereocenters. The van der Waals surface area contributed by atoms with Crippen LogP contribution in [0.4, 0.5) is 0 Å². The summed E-state index contributed by atoms with van der Waals surface area (Å²) in [6, 6.07) is 0. The molecule has 1 aliphatic carbocycles. The Hall–Kier alpha value is 1.14. The van der Waals surface area contributed by atoms with Crippen LogP contribution in [0.2, 0.25) is 0 Å². The Morgan fingerprint density at radius 2 is 2.17 bits per heavy atom. The first-order valence-electron chi connectivity index (χ1n) is 3.11. The number of carbonyl (C=O) groups is 1. The molecule has 0 saturated carbocycles. The minimum absolute atomic E-state index is 0.593. The van der Waals surface area contributed by atoms with Crippen molar-refractivity contribution in [2.75, 3.05) is 0 Å². The number of allylic oxidation sites excluding steroid dienone is 3. The third-order valence-electron chi connectivity index (χ3n) is 1.44. The van der Waals surface area contributed by atoms with Crippen LogP contribution in [0, 0.1) is 0 Å². The van der Waals surface area contributed by atoms with E-state index >= 15 is 0 Å². The maximum Gasteiger partial charge on any atom is 0.323 e. The predicted octanol–water partition coefficient (Wildman–Crippen LogP) is 3.29. The van der Waals surface area contributed by atoms with Crippen LogP contribution in [0.3, 0.4) is 0 Å². The van der Waals surface area contributed by atoms with Gasteiger partial charge in [0.25, 0.3) is 0 Å². The van der Waals surface area contributed by atoms with Crippen molar-refractivity contribution in [1.29, 1.82) is 0 Å². The van der Waals surface area contributed by atoms with Gasteiger partial charge in [0, 0.05) is 10.0 Å². The zero-order chi connectivity index (χ0) is 9.35.